The number of hydrogen-bond donors (Lipinski definition) is 2. The molecule has 1 spiro atoms. The van der Waals surface area contributed by atoms with Crippen LogP contribution in [0.3, 0.4) is 0 Å². The van der Waals surface area contributed by atoms with E-state index in [4.69, 9.17) is 10.8 Å². The molecule has 5 heterocycles. The van der Waals surface area contributed by atoms with Gasteiger partial charge in [0.15, 0.2) is 0 Å². The van der Waals surface area contributed by atoms with E-state index >= 15 is 0 Å². The van der Waals surface area contributed by atoms with Gasteiger partial charge in [-0.05, 0) is 37.9 Å². The fourth-order valence-corrected chi connectivity index (χ4v) is 4.98. The maximum atomic E-state index is 9.25. The smallest absolute Gasteiger partial charge is 0.141 e. The number of H-pyrrole nitrogens is 1. The summed E-state index contributed by atoms with van der Waals surface area (Å²) in [7, 11) is 0. The third-order valence-electron chi connectivity index (χ3n) is 6.51. The highest BCUT2D eigenvalue weighted by atomic mass is 15.3. The Kier molecular flexibility index (Phi) is 4.14. The van der Waals surface area contributed by atoms with Crippen LogP contribution in [-0.4, -0.2) is 42.7 Å². The quantitative estimate of drug-likeness (QED) is 0.710. The average Bonchev–Trinajstić information content (AvgIpc) is 3.51. The molecule has 0 aliphatic carbocycles. The summed E-state index contributed by atoms with van der Waals surface area (Å²) in [4.78, 5) is 14.5. The minimum absolute atomic E-state index is 0.130. The highest BCUT2D eigenvalue weighted by Crippen LogP contribution is 2.45. The number of hydrogen-bond acceptors (Lipinski definition) is 6. The molecule has 2 atom stereocenters. The largest absolute Gasteiger partial charge is 0.383 e. The van der Waals surface area contributed by atoms with Gasteiger partial charge in [-0.2, -0.15) is 10.4 Å². The molecule has 0 bridgehead atoms. The number of nitrogens with zero attached hydrogens (tertiary/aromatic N) is 6. The van der Waals surface area contributed by atoms with Crippen molar-refractivity contribution in [2.45, 2.75) is 44.2 Å². The Labute approximate surface area is 169 Å². The molecular weight excluding hydrogens is 364 g/mol. The minimum Gasteiger partial charge on any atom is -0.383 e. The molecule has 3 aromatic rings. The third kappa shape index (κ3) is 2.81. The fraction of sp³-hybridized carbons (Fsp3) is 0.429. The Morgan fingerprint density at radius 1 is 1.31 bits per heavy atom. The van der Waals surface area contributed by atoms with Crippen LogP contribution in [0, 0.1) is 11.3 Å². The van der Waals surface area contributed by atoms with Gasteiger partial charge in [0.1, 0.15) is 17.7 Å². The highest BCUT2D eigenvalue weighted by Gasteiger charge is 2.47. The van der Waals surface area contributed by atoms with E-state index in [0.717, 1.165) is 56.0 Å². The third-order valence-corrected chi connectivity index (χ3v) is 6.51. The number of pyridine rings is 1. The van der Waals surface area contributed by atoms with E-state index in [1.54, 1.807) is 12.3 Å². The van der Waals surface area contributed by atoms with Gasteiger partial charge in [-0.25, -0.2) is 9.97 Å². The molecule has 8 nitrogen and oxygen atoms in total. The zero-order chi connectivity index (χ0) is 20.0. The van der Waals surface area contributed by atoms with E-state index in [1.807, 2.05) is 12.4 Å². The van der Waals surface area contributed by atoms with Crippen molar-refractivity contribution in [1.82, 2.24) is 29.6 Å². The number of aryl methyl sites for hydroxylation is 1. The van der Waals surface area contributed by atoms with Crippen molar-refractivity contribution in [3.05, 3.63) is 47.8 Å². The van der Waals surface area contributed by atoms with Gasteiger partial charge >= 0.3 is 0 Å². The summed E-state index contributed by atoms with van der Waals surface area (Å²) in [5.41, 5.74) is 9.28. The molecule has 8 heteroatoms. The van der Waals surface area contributed by atoms with Crippen LogP contribution in [0.5, 0.6) is 0 Å². The molecule has 2 aliphatic rings. The molecule has 2 aliphatic heterocycles. The summed E-state index contributed by atoms with van der Waals surface area (Å²) in [5, 5.41) is 14.1. The van der Waals surface area contributed by atoms with Crippen molar-refractivity contribution in [1.29, 1.82) is 5.26 Å². The molecule has 3 N–H and O–H groups in total. The van der Waals surface area contributed by atoms with E-state index < -0.39 is 0 Å². The highest BCUT2D eigenvalue weighted by molar-refractivity contribution is 5.65. The van der Waals surface area contributed by atoms with Crippen molar-refractivity contribution < 1.29 is 0 Å². The summed E-state index contributed by atoms with van der Waals surface area (Å²) < 4.78 is 2.13. The summed E-state index contributed by atoms with van der Waals surface area (Å²) in [6, 6.07) is 6.38. The van der Waals surface area contributed by atoms with Crippen molar-refractivity contribution in [3.8, 4) is 17.3 Å². The summed E-state index contributed by atoms with van der Waals surface area (Å²) in [6.45, 7) is 5.22. The lowest BCUT2D eigenvalue weighted by Gasteiger charge is -2.28. The van der Waals surface area contributed by atoms with Crippen LogP contribution >= 0.6 is 0 Å². The maximum absolute atomic E-state index is 9.25. The summed E-state index contributed by atoms with van der Waals surface area (Å²) in [6.07, 6.45) is 8.70. The average molecular weight is 388 g/mol. The lowest BCUT2D eigenvalue weighted by atomic mass is 9.82. The lowest BCUT2D eigenvalue weighted by Crippen LogP contribution is -2.32. The number of nitriles is 1. The van der Waals surface area contributed by atoms with Gasteiger partial charge in [0.25, 0.3) is 0 Å². The van der Waals surface area contributed by atoms with Crippen LogP contribution in [-0.2, 0) is 12.0 Å². The Morgan fingerprint density at radius 3 is 2.93 bits per heavy atom. The van der Waals surface area contributed by atoms with Crippen LogP contribution in [0.2, 0.25) is 0 Å². The number of aromatic nitrogens is 5. The second-order valence-corrected chi connectivity index (χ2v) is 8.06. The zero-order valence-electron chi connectivity index (χ0n) is 16.5. The normalized spacial score (nSPS) is 22.1. The second-order valence-electron chi connectivity index (χ2n) is 8.06. The molecule has 0 amide bonds. The molecule has 0 radical (unpaired) electrons. The molecule has 1 fully saturated rings. The van der Waals surface area contributed by atoms with Gasteiger partial charge in [0, 0.05) is 48.4 Å². The van der Waals surface area contributed by atoms with E-state index in [-0.39, 0.29) is 11.2 Å². The number of likely N-dealkylation sites (tertiary alicyclic amines) is 1. The Hall–Kier alpha value is -3.18. The van der Waals surface area contributed by atoms with Crippen molar-refractivity contribution in [3.63, 3.8) is 0 Å². The number of imidazole rings is 1. The van der Waals surface area contributed by atoms with Crippen LogP contribution in [0.15, 0.2) is 30.7 Å². The van der Waals surface area contributed by atoms with Crippen molar-refractivity contribution in [2.75, 3.05) is 18.8 Å². The van der Waals surface area contributed by atoms with Crippen LogP contribution in [0.4, 0.5) is 5.82 Å². The maximum Gasteiger partial charge on any atom is 0.141 e. The van der Waals surface area contributed by atoms with Gasteiger partial charge in [-0.1, -0.05) is 6.92 Å². The minimum atomic E-state index is 0.130. The molecule has 0 aromatic carbocycles. The molecule has 3 aromatic heterocycles. The molecule has 0 unspecified atom stereocenters. The SMILES string of the molecule is CC[C@@H](c1ncc[nH]1)N1CC[C@@]2(CCn3nc(-c4cnc(N)c(C#N)c4)cc32)C1. The van der Waals surface area contributed by atoms with Gasteiger partial charge in [-0.3, -0.25) is 9.58 Å². The molecule has 5 rings (SSSR count). The van der Waals surface area contributed by atoms with E-state index in [2.05, 4.69) is 43.6 Å². The Balaban J connectivity index is 1.44. The van der Waals surface area contributed by atoms with Gasteiger partial charge in [0.05, 0.1) is 17.3 Å². The molecule has 148 valence electrons. The predicted molar refractivity (Wildman–Crippen MR) is 109 cm³/mol. The first kappa shape index (κ1) is 17.9. The molecule has 1 saturated heterocycles. The van der Waals surface area contributed by atoms with E-state index in [0.29, 0.717) is 11.6 Å². The van der Waals surface area contributed by atoms with Crippen LogP contribution in [0.1, 0.15) is 49.3 Å². The summed E-state index contributed by atoms with van der Waals surface area (Å²) in [5.74, 6) is 1.31. The van der Waals surface area contributed by atoms with Gasteiger partial charge in [0.2, 0.25) is 0 Å². The Morgan fingerprint density at radius 2 is 2.17 bits per heavy atom. The lowest BCUT2D eigenvalue weighted by molar-refractivity contribution is 0.215. The van der Waals surface area contributed by atoms with Gasteiger partial charge in [-0.15, -0.1) is 0 Å². The second kappa shape index (κ2) is 6.71. The molecule has 29 heavy (non-hydrogen) atoms. The molecular formula is C21H24N8. The number of aromatic amines is 1. The Bertz CT molecular complexity index is 1080. The topological polar surface area (TPSA) is 112 Å². The number of fused-ring (bicyclic) bond motifs is 2. The number of rotatable bonds is 4. The number of nitrogens with one attached hydrogen (secondary N) is 1. The van der Waals surface area contributed by atoms with E-state index in [1.165, 1.54) is 5.69 Å². The number of nitrogen functional groups attached to an aromatic ring is 1. The number of anilines is 1. The van der Waals surface area contributed by atoms with Crippen LogP contribution in [0.25, 0.3) is 11.3 Å². The van der Waals surface area contributed by atoms with Crippen molar-refractivity contribution >= 4 is 5.82 Å². The zero-order valence-corrected chi connectivity index (χ0v) is 16.5. The number of nitrogens with two attached hydrogens (primary N) is 1. The first-order chi connectivity index (χ1) is 14.1. The summed E-state index contributed by atoms with van der Waals surface area (Å²) >= 11 is 0. The standard InChI is InChI=1S/C21H24N8/c1-2-17(20-24-5-6-25-20)28-7-3-21(13-28)4-8-29-18(21)10-16(27-29)15-9-14(11-22)19(23)26-12-15/h5-6,9-10,12,17H,2-4,7-8,13H2,1H3,(H2,23,26)(H,24,25)/t17-,21+/m0/s1. The van der Waals surface area contributed by atoms with Crippen LogP contribution < -0.4 is 5.73 Å². The van der Waals surface area contributed by atoms with Crippen molar-refractivity contribution in [2.24, 2.45) is 0 Å². The first-order valence-corrected chi connectivity index (χ1v) is 10.1. The van der Waals surface area contributed by atoms with E-state index in [9.17, 15) is 5.26 Å². The monoisotopic (exact) mass is 388 g/mol. The predicted octanol–water partition coefficient (Wildman–Crippen LogP) is 2.62. The fourth-order valence-electron chi connectivity index (χ4n) is 4.98. The van der Waals surface area contributed by atoms with Gasteiger partial charge < -0.3 is 10.7 Å². The molecule has 0 saturated carbocycles. The first-order valence-electron chi connectivity index (χ1n) is 10.1.